The van der Waals surface area contributed by atoms with Gasteiger partial charge in [0.05, 0.1) is 5.25 Å². The zero-order valence-electron chi connectivity index (χ0n) is 15.1. The van der Waals surface area contributed by atoms with E-state index in [2.05, 4.69) is 0 Å². The minimum Gasteiger partial charge on any atom is -0.342 e. The second-order valence-electron chi connectivity index (χ2n) is 7.79. The van der Waals surface area contributed by atoms with Crippen molar-refractivity contribution in [3.8, 4) is 0 Å². The Kier molecular flexibility index (Phi) is 4.96. The summed E-state index contributed by atoms with van der Waals surface area (Å²) in [6, 6.07) is 3.34. The highest BCUT2D eigenvalue weighted by molar-refractivity contribution is 7.89. The summed E-state index contributed by atoms with van der Waals surface area (Å²) in [6.07, 6.45) is 3.23. The van der Waals surface area contributed by atoms with Gasteiger partial charge in [0.2, 0.25) is 15.9 Å². The number of benzene rings is 1. The van der Waals surface area contributed by atoms with Gasteiger partial charge in [-0.2, -0.15) is 0 Å². The molecule has 1 aromatic carbocycles. The van der Waals surface area contributed by atoms with Crippen LogP contribution in [0.25, 0.3) is 0 Å². The van der Waals surface area contributed by atoms with Crippen molar-refractivity contribution in [2.24, 2.45) is 5.92 Å². The fourth-order valence-electron chi connectivity index (χ4n) is 4.37. The third-order valence-electron chi connectivity index (χ3n) is 6.06. The number of likely N-dealkylation sites (tertiary alicyclic amines) is 1. The molecular formula is C19H24F2N2O3S. The third kappa shape index (κ3) is 3.61. The number of sulfonamides is 1. The summed E-state index contributed by atoms with van der Waals surface area (Å²) in [5.41, 5.74) is 0.264. The normalized spacial score (nSPS) is 27.1. The summed E-state index contributed by atoms with van der Waals surface area (Å²) in [5.74, 6) is -1.66. The van der Waals surface area contributed by atoms with Gasteiger partial charge < -0.3 is 4.90 Å². The average molecular weight is 398 g/mol. The summed E-state index contributed by atoms with van der Waals surface area (Å²) in [6.45, 7) is 2.02. The van der Waals surface area contributed by atoms with E-state index in [-0.39, 0.29) is 23.3 Å². The molecule has 4 rings (SSSR count). The molecule has 2 heterocycles. The maximum atomic E-state index is 13.9. The highest BCUT2D eigenvalue weighted by Gasteiger charge is 2.48. The molecule has 1 amide bonds. The van der Waals surface area contributed by atoms with E-state index < -0.39 is 26.9 Å². The van der Waals surface area contributed by atoms with Gasteiger partial charge in [0.15, 0.2) is 0 Å². The van der Waals surface area contributed by atoms with Crippen LogP contribution in [0.15, 0.2) is 18.2 Å². The lowest BCUT2D eigenvalue weighted by Crippen LogP contribution is -2.46. The monoisotopic (exact) mass is 398 g/mol. The standard InChI is InChI=1S/C19H24F2N2O3S/c20-13-3-4-18(21)16(11-13)15-12-17(15)19(24)22-9-5-14(6-10-22)27(25,26)23-7-1-2-8-23/h3-4,11,14-15,17H,1-2,5-10,12H2. The molecule has 1 saturated carbocycles. The number of carbonyl (C=O) groups is 1. The van der Waals surface area contributed by atoms with Gasteiger partial charge in [-0.1, -0.05) is 0 Å². The summed E-state index contributed by atoms with van der Waals surface area (Å²) >= 11 is 0. The van der Waals surface area contributed by atoms with Gasteiger partial charge in [0, 0.05) is 32.1 Å². The fraction of sp³-hybridized carbons (Fsp3) is 0.632. The van der Waals surface area contributed by atoms with Gasteiger partial charge in [0.25, 0.3) is 0 Å². The predicted molar refractivity (Wildman–Crippen MR) is 96.5 cm³/mol. The molecule has 148 valence electrons. The molecule has 2 atom stereocenters. The van der Waals surface area contributed by atoms with Gasteiger partial charge in [-0.05, 0) is 61.8 Å². The van der Waals surface area contributed by atoms with E-state index >= 15 is 0 Å². The molecule has 5 nitrogen and oxygen atoms in total. The Balaban J connectivity index is 1.35. The Bertz CT molecular complexity index is 831. The molecule has 0 bridgehead atoms. The Morgan fingerprint density at radius 3 is 2.37 bits per heavy atom. The topological polar surface area (TPSA) is 57.7 Å². The van der Waals surface area contributed by atoms with Gasteiger partial charge in [-0.25, -0.2) is 21.5 Å². The fourth-order valence-corrected chi connectivity index (χ4v) is 6.37. The predicted octanol–water partition coefficient (Wildman–Crippen LogP) is 2.48. The molecule has 2 unspecified atom stereocenters. The van der Waals surface area contributed by atoms with Crippen LogP contribution in [0.1, 0.15) is 43.6 Å². The molecule has 1 aromatic rings. The largest absolute Gasteiger partial charge is 0.342 e. The molecule has 0 N–H and O–H groups in total. The van der Waals surface area contributed by atoms with Crippen molar-refractivity contribution in [3.63, 3.8) is 0 Å². The summed E-state index contributed by atoms with van der Waals surface area (Å²) in [5, 5.41) is -0.421. The van der Waals surface area contributed by atoms with Gasteiger partial charge in [-0.15, -0.1) is 0 Å². The molecule has 2 saturated heterocycles. The Labute approximate surface area is 158 Å². The maximum Gasteiger partial charge on any atom is 0.226 e. The van der Waals surface area contributed by atoms with Crippen molar-refractivity contribution in [1.29, 1.82) is 0 Å². The summed E-state index contributed by atoms with van der Waals surface area (Å²) in [7, 11) is -3.28. The first-order chi connectivity index (χ1) is 12.9. The quantitative estimate of drug-likeness (QED) is 0.783. The number of rotatable bonds is 4. The minimum absolute atomic E-state index is 0.0688. The lowest BCUT2D eigenvalue weighted by atomic mass is 10.1. The van der Waals surface area contributed by atoms with Crippen LogP contribution in [-0.2, 0) is 14.8 Å². The zero-order valence-corrected chi connectivity index (χ0v) is 15.9. The van der Waals surface area contributed by atoms with Crippen LogP contribution in [0, 0.1) is 17.6 Å². The van der Waals surface area contributed by atoms with Gasteiger partial charge >= 0.3 is 0 Å². The second kappa shape index (κ2) is 7.13. The van der Waals surface area contributed by atoms with Crippen molar-refractivity contribution in [3.05, 3.63) is 35.4 Å². The van der Waals surface area contributed by atoms with Crippen LogP contribution < -0.4 is 0 Å². The Morgan fingerprint density at radius 2 is 1.70 bits per heavy atom. The Hall–Kier alpha value is -1.54. The third-order valence-corrected chi connectivity index (χ3v) is 8.46. The molecular weight excluding hydrogens is 374 g/mol. The first-order valence-corrected chi connectivity index (χ1v) is 11.1. The molecule has 0 radical (unpaired) electrons. The van der Waals surface area contributed by atoms with Crippen LogP contribution in [0.5, 0.6) is 0 Å². The molecule has 3 aliphatic rings. The lowest BCUT2D eigenvalue weighted by molar-refractivity contribution is -0.133. The van der Waals surface area contributed by atoms with Crippen molar-refractivity contribution < 1.29 is 22.0 Å². The minimum atomic E-state index is -3.28. The van der Waals surface area contributed by atoms with Gasteiger partial charge in [-0.3, -0.25) is 4.79 Å². The van der Waals surface area contributed by atoms with E-state index in [1.165, 1.54) is 6.07 Å². The molecule has 8 heteroatoms. The number of hydrogen-bond acceptors (Lipinski definition) is 3. The van der Waals surface area contributed by atoms with Gasteiger partial charge in [0.1, 0.15) is 11.6 Å². The molecule has 27 heavy (non-hydrogen) atoms. The van der Waals surface area contributed by atoms with Crippen LogP contribution in [-0.4, -0.2) is 55.0 Å². The smallest absolute Gasteiger partial charge is 0.226 e. The SMILES string of the molecule is O=C(C1CC1c1cc(F)ccc1F)N1CCC(S(=O)(=O)N2CCCC2)CC1. The first kappa shape index (κ1) is 18.8. The number of hydrogen-bond donors (Lipinski definition) is 0. The number of piperidine rings is 1. The highest BCUT2D eigenvalue weighted by Crippen LogP contribution is 2.49. The zero-order chi connectivity index (χ0) is 19.2. The van der Waals surface area contributed by atoms with E-state index in [9.17, 15) is 22.0 Å². The van der Waals surface area contributed by atoms with Crippen molar-refractivity contribution in [2.75, 3.05) is 26.2 Å². The van der Waals surface area contributed by atoms with Crippen LogP contribution >= 0.6 is 0 Å². The number of nitrogens with zero attached hydrogens (tertiary/aromatic N) is 2. The number of amides is 1. The molecule has 0 aromatic heterocycles. The molecule has 3 fully saturated rings. The average Bonchev–Trinajstić information content (AvgIpc) is 3.24. The lowest BCUT2D eigenvalue weighted by Gasteiger charge is -2.33. The number of carbonyl (C=O) groups excluding carboxylic acids is 1. The van der Waals surface area contributed by atoms with Crippen molar-refractivity contribution >= 4 is 15.9 Å². The van der Waals surface area contributed by atoms with E-state index in [4.69, 9.17) is 0 Å². The number of halogens is 2. The Morgan fingerprint density at radius 1 is 1.04 bits per heavy atom. The van der Waals surface area contributed by atoms with Crippen molar-refractivity contribution in [1.82, 2.24) is 9.21 Å². The highest BCUT2D eigenvalue weighted by atomic mass is 32.2. The summed E-state index contributed by atoms with van der Waals surface area (Å²) < 4.78 is 54.2. The summed E-state index contributed by atoms with van der Waals surface area (Å²) in [4.78, 5) is 14.4. The first-order valence-electron chi connectivity index (χ1n) is 9.60. The van der Waals surface area contributed by atoms with E-state index in [1.54, 1.807) is 9.21 Å². The van der Waals surface area contributed by atoms with E-state index in [1.807, 2.05) is 0 Å². The maximum absolute atomic E-state index is 13.9. The van der Waals surface area contributed by atoms with Crippen LogP contribution in [0.4, 0.5) is 8.78 Å². The van der Waals surface area contributed by atoms with E-state index in [0.29, 0.717) is 45.4 Å². The molecule has 1 aliphatic carbocycles. The molecule has 2 aliphatic heterocycles. The van der Waals surface area contributed by atoms with Crippen LogP contribution in [0.2, 0.25) is 0 Å². The van der Waals surface area contributed by atoms with Crippen molar-refractivity contribution in [2.45, 2.75) is 43.3 Å². The van der Waals surface area contributed by atoms with E-state index in [0.717, 1.165) is 25.0 Å². The second-order valence-corrected chi connectivity index (χ2v) is 10.0. The van der Waals surface area contributed by atoms with Crippen LogP contribution in [0.3, 0.4) is 0 Å². The molecule has 0 spiro atoms.